The van der Waals surface area contributed by atoms with Gasteiger partial charge in [0.2, 0.25) is 0 Å². The molecular weight excluding hydrogens is 655 g/mol. The van der Waals surface area contributed by atoms with Crippen molar-refractivity contribution in [2.45, 2.75) is 0 Å². The number of fused-ring (bicyclic) bond motifs is 4. The Balaban J connectivity index is 1.22. The van der Waals surface area contributed by atoms with E-state index in [9.17, 15) is 0 Å². The van der Waals surface area contributed by atoms with Gasteiger partial charge in [-0.05, 0) is 92.2 Å². The Kier molecular flexibility index (Phi) is 7.85. The molecule has 10 aromatic rings. The lowest BCUT2D eigenvalue weighted by Gasteiger charge is -2.27. The van der Waals surface area contributed by atoms with Gasteiger partial charge in [-0.3, -0.25) is 0 Å². The van der Waals surface area contributed by atoms with Crippen LogP contribution in [0, 0.1) is 0 Å². The molecule has 0 saturated carbocycles. The monoisotopic (exact) mass is 689 g/mol. The fourth-order valence-corrected chi connectivity index (χ4v) is 7.74. The molecule has 0 saturated heterocycles. The fraction of sp³-hybridized carbons (Fsp3) is 0. The van der Waals surface area contributed by atoms with Crippen molar-refractivity contribution in [3.8, 4) is 44.5 Å². The largest absolute Gasteiger partial charge is 0.453 e. The van der Waals surface area contributed by atoms with E-state index in [1.807, 2.05) is 0 Å². The molecule has 0 unspecified atom stereocenters. The van der Waals surface area contributed by atoms with Crippen molar-refractivity contribution in [1.82, 2.24) is 0 Å². The Labute approximate surface area is 314 Å². The first-order valence-corrected chi connectivity index (χ1v) is 18.4. The van der Waals surface area contributed by atoms with Crippen LogP contribution in [0.15, 0.2) is 217 Å². The van der Waals surface area contributed by atoms with Crippen LogP contribution in [0.2, 0.25) is 0 Å². The first-order chi connectivity index (χ1) is 26.8. The van der Waals surface area contributed by atoms with E-state index in [0.717, 1.165) is 66.8 Å². The quantitative estimate of drug-likeness (QED) is 0.166. The highest BCUT2D eigenvalue weighted by Gasteiger charge is 2.23. The van der Waals surface area contributed by atoms with Crippen LogP contribution in [-0.2, 0) is 0 Å². The highest BCUT2D eigenvalue weighted by atomic mass is 16.3. The molecular formula is C52H35NO. The standard InChI is InChI=1S/C52H35NO/c1-4-14-36(15-5-1)42-22-12-23-46(33-42)53(45-30-28-39(29-31-45)43-27-26-38-18-10-11-21-41(38)32-43)50-35-44(37-16-6-2-7-17-37)34-49-48-25-13-24-47(51(48)54-52(49)50)40-19-8-3-9-20-40/h1-35H. The third kappa shape index (κ3) is 5.71. The lowest BCUT2D eigenvalue weighted by atomic mass is 9.98. The minimum Gasteiger partial charge on any atom is -0.453 e. The first-order valence-electron chi connectivity index (χ1n) is 18.4. The van der Waals surface area contributed by atoms with Crippen LogP contribution in [0.4, 0.5) is 17.1 Å². The Bertz CT molecular complexity index is 2910. The molecule has 0 amide bonds. The van der Waals surface area contributed by atoms with E-state index in [4.69, 9.17) is 4.42 Å². The Hall–Kier alpha value is -7.16. The van der Waals surface area contributed by atoms with Crippen molar-refractivity contribution in [2.24, 2.45) is 0 Å². The molecule has 1 aromatic heterocycles. The second-order valence-electron chi connectivity index (χ2n) is 13.7. The van der Waals surface area contributed by atoms with Crippen molar-refractivity contribution >= 4 is 49.8 Å². The molecule has 0 bridgehead atoms. The zero-order chi connectivity index (χ0) is 35.8. The number of benzene rings is 9. The van der Waals surface area contributed by atoms with Gasteiger partial charge in [-0.25, -0.2) is 0 Å². The summed E-state index contributed by atoms with van der Waals surface area (Å²) in [4.78, 5) is 2.36. The van der Waals surface area contributed by atoms with Crippen molar-refractivity contribution in [1.29, 1.82) is 0 Å². The van der Waals surface area contributed by atoms with Gasteiger partial charge in [0.1, 0.15) is 5.58 Å². The van der Waals surface area contributed by atoms with Crippen molar-refractivity contribution < 1.29 is 4.42 Å². The van der Waals surface area contributed by atoms with Crippen LogP contribution in [0.3, 0.4) is 0 Å². The third-order valence-electron chi connectivity index (χ3n) is 10.4. The van der Waals surface area contributed by atoms with E-state index in [2.05, 4.69) is 217 Å². The van der Waals surface area contributed by atoms with E-state index < -0.39 is 0 Å². The van der Waals surface area contributed by atoms with Crippen molar-refractivity contribution in [3.05, 3.63) is 212 Å². The van der Waals surface area contributed by atoms with Crippen LogP contribution in [-0.4, -0.2) is 0 Å². The van der Waals surface area contributed by atoms with Crippen LogP contribution < -0.4 is 4.90 Å². The first kappa shape index (κ1) is 31.6. The van der Waals surface area contributed by atoms with Gasteiger partial charge in [-0.2, -0.15) is 0 Å². The van der Waals surface area contributed by atoms with Gasteiger partial charge in [0.25, 0.3) is 0 Å². The minimum absolute atomic E-state index is 0.844. The van der Waals surface area contributed by atoms with Gasteiger partial charge in [0.15, 0.2) is 5.58 Å². The maximum Gasteiger partial charge on any atom is 0.159 e. The molecule has 0 aliphatic heterocycles. The second-order valence-corrected chi connectivity index (χ2v) is 13.7. The molecule has 0 aliphatic carbocycles. The zero-order valence-electron chi connectivity index (χ0n) is 29.6. The molecule has 254 valence electrons. The number of rotatable bonds is 7. The highest BCUT2D eigenvalue weighted by Crippen LogP contribution is 2.47. The van der Waals surface area contributed by atoms with Crippen LogP contribution in [0.1, 0.15) is 0 Å². The Morgan fingerprint density at radius 1 is 0.296 bits per heavy atom. The van der Waals surface area contributed by atoms with Crippen LogP contribution in [0.5, 0.6) is 0 Å². The van der Waals surface area contributed by atoms with E-state index in [1.165, 1.54) is 27.5 Å². The van der Waals surface area contributed by atoms with Gasteiger partial charge in [0.05, 0.1) is 5.69 Å². The molecule has 54 heavy (non-hydrogen) atoms. The SMILES string of the molecule is c1ccc(-c2cccc(N(c3ccc(-c4ccc5ccccc5c4)cc3)c3cc(-c4ccccc4)cc4c3oc3c(-c5ccccc5)cccc34)c2)cc1. The normalized spacial score (nSPS) is 11.3. The summed E-state index contributed by atoms with van der Waals surface area (Å²) < 4.78 is 7.09. The number of hydrogen-bond acceptors (Lipinski definition) is 2. The number of furan rings is 1. The van der Waals surface area contributed by atoms with Gasteiger partial charge in [0, 0.05) is 27.7 Å². The molecule has 0 fully saturated rings. The number of hydrogen-bond donors (Lipinski definition) is 0. The Morgan fingerprint density at radius 2 is 0.870 bits per heavy atom. The van der Waals surface area contributed by atoms with E-state index in [-0.39, 0.29) is 0 Å². The van der Waals surface area contributed by atoms with E-state index >= 15 is 0 Å². The summed E-state index contributed by atoms with van der Waals surface area (Å²) in [7, 11) is 0. The van der Waals surface area contributed by atoms with E-state index in [0.29, 0.717) is 0 Å². The lowest BCUT2D eigenvalue weighted by Crippen LogP contribution is -2.10. The second kappa shape index (κ2) is 13.4. The average Bonchev–Trinajstić information content (AvgIpc) is 3.64. The summed E-state index contributed by atoms with van der Waals surface area (Å²) >= 11 is 0. The summed E-state index contributed by atoms with van der Waals surface area (Å²) in [6, 6.07) is 75.8. The topological polar surface area (TPSA) is 16.4 Å². The van der Waals surface area contributed by atoms with Crippen molar-refractivity contribution in [3.63, 3.8) is 0 Å². The molecule has 0 spiro atoms. The molecule has 9 aromatic carbocycles. The smallest absolute Gasteiger partial charge is 0.159 e. The summed E-state index contributed by atoms with van der Waals surface area (Å²) in [5.74, 6) is 0. The molecule has 0 radical (unpaired) electrons. The lowest BCUT2D eigenvalue weighted by molar-refractivity contribution is 0.670. The van der Waals surface area contributed by atoms with E-state index in [1.54, 1.807) is 0 Å². The maximum absolute atomic E-state index is 7.09. The molecule has 10 rings (SSSR count). The summed E-state index contributed by atoms with van der Waals surface area (Å²) in [5, 5.41) is 4.65. The molecule has 2 nitrogen and oxygen atoms in total. The summed E-state index contributed by atoms with van der Waals surface area (Å²) in [6.07, 6.45) is 0. The van der Waals surface area contributed by atoms with Gasteiger partial charge in [-0.15, -0.1) is 0 Å². The third-order valence-corrected chi connectivity index (χ3v) is 10.4. The minimum atomic E-state index is 0.844. The van der Waals surface area contributed by atoms with Gasteiger partial charge >= 0.3 is 0 Å². The van der Waals surface area contributed by atoms with Crippen molar-refractivity contribution in [2.75, 3.05) is 4.90 Å². The van der Waals surface area contributed by atoms with Gasteiger partial charge < -0.3 is 9.32 Å². The molecule has 2 heteroatoms. The van der Waals surface area contributed by atoms with Crippen LogP contribution >= 0.6 is 0 Å². The zero-order valence-corrected chi connectivity index (χ0v) is 29.6. The molecule has 0 atom stereocenters. The maximum atomic E-state index is 7.09. The molecule has 0 aliphatic rings. The summed E-state index contributed by atoms with van der Waals surface area (Å²) in [5.41, 5.74) is 14.0. The predicted molar refractivity (Wildman–Crippen MR) is 228 cm³/mol. The number of para-hydroxylation sites is 1. The Morgan fingerprint density at radius 3 is 1.61 bits per heavy atom. The highest BCUT2D eigenvalue weighted by molar-refractivity contribution is 6.15. The van der Waals surface area contributed by atoms with Crippen LogP contribution in [0.25, 0.3) is 77.2 Å². The number of nitrogens with zero attached hydrogens (tertiary/aromatic N) is 1. The number of anilines is 3. The molecule has 0 N–H and O–H groups in total. The predicted octanol–water partition coefficient (Wildman–Crippen LogP) is 14.9. The van der Waals surface area contributed by atoms with Gasteiger partial charge in [-0.1, -0.05) is 170 Å². The molecule has 1 heterocycles. The summed E-state index contributed by atoms with van der Waals surface area (Å²) in [6.45, 7) is 0. The fourth-order valence-electron chi connectivity index (χ4n) is 7.74. The average molecular weight is 690 g/mol.